The highest BCUT2D eigenvalue weighted by Gasteiger charge is 2.37. The van der Waals surface area contributed by atoms with Crippen LogP contribution in [-0.4, -0.2) is 9.13 Å². The molecule has 0 unspecified atom stereocenters. The number of alkyl halides is 3. The smallest absolute Gasteiger partial charge is 0.309 e. The highest BCUT2D eigenvalue weighted by Crippen LogP contribution is 2.46. The number of fused-ring (bicyclic) bond motifs is 6. The standard InChI is InChI=1S/C54H38F3N3/c1-32-20-33(2)23-40(22-32)37-16-18-44-42-12-5-7-14-48(42)59(50(44)27-37)52-30-47(54(55,56)57)53(29-46(52)39-11-9-10-36(26-39)31-58)60-49-15-8-6-13-43(49)45-19-17-38(28-51(45)60)41-24-34(3)21-35(4)25-41/h5-30H,1-4H3. The van der Waals surface area contributed by atoms with Gasteiger partial charge in [-0.25, -0.2) is 0 Å². The molecule has 0 amide bonds. The number of para-hydroxylation sites is 2. The first kappa shape index (κ1) is 36.9. The predicted octanol–water partition coefficient (Wildman–Crippen LogP) is 15.0. The van der Waals surface area contributed by atoms with Crippen molar-refractivity contribution in [3.63, 3.8) is 0 Å². The highest BCUT2D eigenvalue weighted by atomic mass is 19.4. The molecule has 0 spiro atoms. The minimum absolute atomic E-state index is 0.00377. The van der Waals surface area contributed by atoms with Gasteiger partial charge < -0.3 is 9.13 Å². The minimum atomic E-state index is -4.75. The normalized spacial score (nSPS) is 11.9. The number of aryl methyl sites for hydroxylation is 4. The zero-order valence-electron chi connectivity index (χ0n) is 33.5. The molecule has 290 valence electrons. The Hall–Kier alpha value is -7.36. The van der Waals surface area contributed by atoms with Crippen LogP contribution in [0.3, 0.4) is 0 Å². The van der Waals surface area contributed by atoms with Gasteiger partial charge in [-0.2, -0.15) is 18.4 Å². The molecule has 0 atom stereocenters. The Bertz CT molecular complexity index is 3390. The van der Waals surface area contributed by atoms with E-state index in [1.54, 1.807) is 28.8 Å². The Labute approximate surface area is 345 Å². The van der Waals surface area contributed by atoms with Crippen molar-refractivity contribution in [1.29, 1.82) is 5.26 Å². The molecule has 3 nitrogen and oxygen atoms in total. The van der Waals surface area contributed by atoms with Crippen LogP contribution >= 0.6 is 0 Å². The fourth-order valence-electron chi connectivity index (χ4n) is 9.26. The molecular weight excluding hydrogens is 748 g/mol. The second-order valence-electron chi connectivity index (χ2n) is 16.0. The van der Waals surface area contributed by atoms with Gasteiger partial charge in [0.05, 0.1) is 50.6 Å². The number of rotatable bonds is 5. The van der Waals surface area contributed by atoms with Crippen LogP contribution in [0.2, 0.25) is 0 Å². The van der Waals surface area contributed by atoms with Gasteiger partial charge in [-0.3, -0.25) is 0 Å². The van der Waals surface area contributed by atoms with Crippen molar-refractivity contribution in [1.82, 2.24) is 9.13 Å². The van der Waals surface area contributed by atoms with E-state index >= 15 is 13.2 Å². The van der Waals surface area contributed by atoms with Gasteiger partial charge in [-0.1, -0.05) is 131 Å². The van der Waals surface area contributed by atoms with E-state index in [2.05, 4.69) is 80.6 Å². The van der Waals surface area contributed by atoms with Crippen molar-refractivity contribution < 1.29 is 13.2 Å². The predicted molar refractivity (Wildman–Crippen MR) is 240 cm³/mol. The van der Waals surface area contributed by atoms with Gasteiger partial charge in [-0.15, -0.1) is 0 Å². The Morgan fingerprint density at radius 3 is 1.40 bits per heavy atom. The van der Waals surface area contributed by atoms with Gasteiger partial charge in [-0.05, 0) is 104 Å². The molecule has 0 N–H and O–H groups in total. The van der Waals surface area contributed by atoms with Crippen LogP contribution in [0.5, 0.6) is 0 Å². The van der Waals surface area contributed by atoms with Crippen molar-refractivity contribution in [3.8, 4) is 50.8 Å². The van der Waals surface area contributed by atoms with E-state index in [0.29, 0.717) is 33.4 Å². The Kier molecular flexibility index (Phi) is 8.55. The lowest BCUT2D eigenvalue weighted by molar-refractivity contribution is -0.137. The monoisotopic (exact) mass is 785 g/mol. The number of nitrogens with zero attached hydrogens (tertiary/aromatic N) is 3. The molecule has 0 aliphatic carbocycles. The third-order valence-electron chi connectivity index (χ3n) is 11.7. The fourth-order valence-corrected chi connectivity index (χ4v) is 9.26. The van der Waals surface area contributed by atoms with Crippen molar-refractivity contribution in [2.24, 2.45) is 0 Å². The highest BCUT2D eigenvalue weighted by molar-refractivity contribution is 6.12. The lowest BCUT2D eigenvalue weighted by atomic mass is 9.97. The van der Waals surface area contributed by atoms with E-state index in [0.717, 1.165) is 77.1 Å². The van der Waals surface area contributed by atoms with E-state index < -0.39 is 11.7 Å². The Balaban J connectivity index is 1.34. The molecule has 8 aromatic carbocycles. The maximum Gasteiger partial charge on any atom is 0.418 e. The van der Waals surface area contributed by atoms with Crippen LogP contribution in [0.1, 0.15) is 33.4 Å². The largest absolute Gasteiger partial charge is 0.418 e. The van der Waals surface area contributed by atoms with Crippen LogP contribution in [-0.2, 0) is 6.18 Å². The Morgan fingerprint density at radius 2 is 0.900 bits per heavy atom. The first-order valence-corrected chi connectivity index (χ1v) is 20.0. The summed E-state index contributed by atoms with van der Waals surface area (Å²) in [6.45, 7) is 8.23. The maximum atomic E-state index is 16.1. The van der Waals surface area contributed by atoms with E-state index in [9.17, 15) is 5.26 Å². The van der Waals surface area contributed by atoms with Gasteiger partial charge in [0.15, 0.2) is 0 Å². The summed E-state index contributed by atoms with van der Waals surface area (Å²) in [5.74, 6) is 0. The molecule has 0 bridgehead atoms. The van der Waals surface area contributed by atoms with Crippen LogP contribution in [0.15, 0.2) is 158 Å². The van der Waals surface area contributed by atoms with Crippen molar-refractivity contribution >= 4 is 43.6 Å². The summed E-state index contributed by atoms with van der Waals surface area (Å²) in [6, 6.07) is 52.9. The molecule has 0 saturated carbocycles. The van der Waals surface area contributed by atoms with Crippen molar-refractivity contribution in [3.05, 3.63) is 191 Å². The maximum absolute atomic E-state index is 16.1. The fraction of sp³-hybridized carbons (Fsp3) is 0.0926. The molecule has 0 radical (unpaired) electrons. The molecule has 2 aromatic heterocycles. The van der Waals surface area contributed by atoms with Gasteiger partial charge in [0.2, 0.25) is 0 Å². The number of aromatic nitrogens is 2. The third-order valence-corrected chi connectivity index (χ3v) is 11.7. The average Bonchev–Trinajstić information content (AvgIpc) is 3.74. The van der Waals surface area contributed by atoms with Gasteiger partial charge >= 0.3 is 6.18 Å². The molecule has 0 aliphatic heterocycles. The summed E-state index contributed by atoms with van der Waals surface area (Å²) in [5.41, 5.74) is 12.5. The quantitative estimate of drug-likeness (QED) is 0.171. The lowest BCUT2D eigenvalue weighted by Gasteiger charge is -2.22. The minimum Gasteiger partial charge on any atom is -0.309 e. The molecular formula is C54H38F3N3. The summed E-state index contributed by atoms with van der Waals surface area (Å²) in [5, 5.41) is 13.6. The van der Waals surface area contributed by atoms with Gasteiger partial charge in [0.25, 0.3) is 0 Å². The molecule has 0 fully saturated rings. The summed E-state index contributed by atoms with van der Waals surface area (Å²) < 4.78 is 51.9. The molecule has 6 heteroatoms. The lowest BCUT2D eigenvalue weighted by Crippen LogP contribution is -2.13. The van der Waals surface area contributed by atoms with E-state index in [1.807, 2.05) is 85.1 Å². The van der Waals surface area contributed by atoms with E-state index in [1.165, 1.54) is 6.07 Å². The Morgan fingerprint density at radius 1 is 0.417 bits per heavy atom. The molecule has 10 rings (SSSR count). The van der Waals surface area contributed by atoms with Crippen LogP contribution in [0, 0.1) is 39.0 Å². The summed E-state index contributed by atoms with van der Waals surface area (Å²) in [6.07, 6.45) is -4.75. The zero-order valence-corrected chi connectivity index (χ0v) is 33.5. The first-order chi connectivity index (χ1) is 28.9. The van der Waals surface area contributed by atoms with Gasteiger partial charge in [0, 0.05) is 27.1 Å². The molecule has 10 aromatic rings. The number of hydrogen-bond donors (Lipinski definition) is 0. The first-order valence-electron chi connectivity index (χ1n) is 20.0. The molecule has 0 aliphatic rings. The second kappa shape index (κ2) is 13.9. The van der Waals surface area contributed by atoms with Crippen LogP contribution < -0.4 is 0 Å². The zero-order chi connectivity index (χ0) is 41.4. The molecule has 2 heterocycles. The molecule has 60 heavy (non-hydrogen) atoms. The van der Waals surface area contributed by atoms with Crippen LogP contribution in [0.25, 0.3) is 88.4 Å². The number of halogens is 3. The third kappa shape index (κ3) is 6.13. The van der Waals surface area contributed by atoms with Crippen LogP contribution in [0.4, 0.5) is 13.2 Å². The SMILES string of the molecule is Cc1cc(C)cc(-c2ccc3c4ccccc4n(-c4cc(C(F)(F)F)c(-n5c6ccccc6c6ccc(-c7cc(C)cc(C)c7)cc65)cc4-c4cccc(C#N)c4)c3c2)c1. The number of nitriles is 1. The van der Waals surface area contributed by atoms with E-state index in [4.69, 9.17) is 0 Å². The van der Waals surface area contributed by atoms with E-state index in [-0.39, 0.29) is 5.69 Å². The summed E-state index contributed by atoms with van der Waals surface area (Å²) >= 11 is 0. The topological polar surface area (TPSA) is 33.6 Å². The van der Waals surface area contributed by atoms with Crippen molar-refractivity contribution in [2.45, 2.75) is 33.9 Å². The summed E-state index contributed by atoms with van der Waals surface area (Å²) in [7, 11) is 0. The number of hydrogen-bond acceptors (Lipinski definition) is 1. The second-order valence-corrected chi connectivity index (χ2v) is 16.0. The summed E-state index contributed by atoms with van der Waals surface area (Å²) in [4.78, 5) is 0. The molecule has 0 saturated heterocycles. The number of benzene rings is 8. The van der Waals surface area contributed by atoms with Crippen molar-refractivity contribution in [2.75, 3.05) is 0 Å². The average molecular weight is 786 g/mol. The van der Waals surface area contributed by atoms with Gasteiger partial charge in [0.1, 0.15) is 0 Å².